The lowest BCUT2D eigenvalue weighted by Crippen LogP contribution is -2.16. The van der Waals surface area contributed by atoms with Gasteiger partial charge in [-0.2, -0.15) is 0 Å². The van der Waals surface area contributed by atoms with E-state index in [1.807, 2.05) is 12.1 Å². The van der Waals surface area contributed by atoms with Gasteiger partial charge in [0.1, 0.15) is 0 Å². The van der Waals surface area contributed by atoms with E-state index in [4.69, 9.17) is 5.73 Å². The molecule has 0 saturated heterocycles. The molecule has 1 aliphatic rings. The Labute approximate surface area is 133 Å². The zero-order valence-corrected chi connectivity index (χ0v) is 13.0. The monoisotopic (exact) mass is 313 g/mol. The van der Waals surface area contributed by atoms with Crippen LogP contribution in [0, 0.1) is 5.92 Å². The molecule has 2 aromatic rings. The number of nitrogens with two attached hydrogens (primary N) is 1. The van der Waals surface area contributed by atoms with Crippen molar-refractivity contribution >= 4 is 11.9 Å². The van der Waals surface area contributed by atoms with Crippen molar-refractivity contribution in [1.29, 1.82) is 0 Å². The van der Waals surface area contributed by atoms with Gasteiger partial charge in [0.2, 0.25) is 5.95 Å². The number of aromatic amines is 1. The first-order valence-electron chi connectivity index (χ1n) is 7.61. The second kappa shape index (κ2) is 6.24. The van der Waals surface area contributed by atoms with Crippen LogP contribution in [0.3, 0.4) is 0 Å². The summed E-state index contributed by atoms with van der Waals surface area (Å²) in [5.74, 6) is 0.263. The molecule has 6 heteroatoms. The molecule has 23 heavy (non-hydrogen) atoms. The zero-order chi connectivity index (χ0) is 16.4. The average Bonchev–Trinajstić information content (AvgIpc) is 2.96. The van der Waals surface area contributed by atoms with Crippen molar-refractivity contribution in [2.24, 2.45) is 5.92 Å². The second-order valence-electron chi connectivity index (χ2n) is 5.88. The van der Waals surface area contributed by atoms with Crippen LogP contribution < -0.4 is 11.3 Å². The Hall–Kier alpha value is -2.63. The zero-order valence-electron chi connectivity index (χ0n) is 13.0. The molecule has 1 aliphatic carbocycles. The molecular formula is C17H19N3O3. The van der Waals surface area contributed by atoms with Crippen molar-refractivity contribution in [3.8, 4) is 0 Å². The SMILES string of the molecule is COC(=O)c1ccc(CCC2Cc3nc(N)[nH]c(=O)c3C2)cc1. The normalized spacial score (nSPS) is 16.1. The van der Waals surface area contributed by atoms with Crippen molar-refractivity contribution in [3.63, 3.8) is 0 Å². The number of H-pyrrole nitrogens is 1. The summed E-state index contributed by atoms with van der Waals surface area (Å²) in [4.78, 5) is 30.1. The van der Waals surface area contributed by atoms with Crippen molar-refractivity contribution in [3.05, 3.63) is 57.0 Å². The molecule has 0 saturated carbocycles. The van der Waals surface area contributed by atoms with E-state index < -0.39 is 0 Å². The van der Waals surface area contributed by atoms with Crippen LogP contribution >= 0.6 is 0 Å². The lowest BCUT2D eigenvalue weighted by atomic mass is 9.97. The number of ether oxygens (including phenoxy) is 1. The fourth-order valence-electron chi connectivity index (χ4n) is 3.08. The molecule has 3 N–H and O–H groups in total. The smallest absolute Gasteiger partial charge is 0.337 e. The summed E-state index contributed by atoms with van der Waals surface area (Å²) in [6, 6.07) is 7.43. The van der Waals surface area contributed by atoms with Gasteiger partial charge in [-0.15, -0.1) is 0 Å². The Bertz CT molecular complexity index is 781. The Kier molecular flexibility index (Phi) is 4.14. The van der Waals surface area contributed by atoms with E-state index in [0.29, 0.717) is 11.5 Å². The number of hydrogen-bond acceptors (Lipinski definition) is 5. The molecule has 0 aliphatic heterocycles. The highest BCUT2D eigenvalue weighted by Gasteiger charge is 2.25. The molecule has 1 atom stereocenters. The van der Waals surface area contributed by atoms with E-state index in [9.17, 15) is 9.59 Å². The minimum absolute atomic E-state index is 0.113. The first kappa shape index (κ1) is 15.3. The number of aromatic nitrogens is 2. The molecule has 120 valence electrons. The summed E-state index contributed by atoms with van der Waals surface area (Å²) < 4.78 is 4.69. The minimum atomic E-state index is -0.328. The lowest BCUT2D eigenvalue weighted by molar-refractivity contribution is 0.0600. The van der Waals surface area contributed by atoms with Crippen molar-refractivity contribution in [1.82, 2.24) is 9.97 Å². The van der Waals surface area contributed by atoms with Gasteiger partial charge in [-0.3, -0.25) is 9.78 Å². The molecule has 3 rings (SSSR count). The number of methoxy groups -OCH3 is 1. The van der Waals surface area contributed by atoms with Crippen molar-refractivity contribution in [2.75, 3.05) is 12.8 Å². The number of nitrogen functional groups attached to an aromatic ring is 1. The topological polar surface area (TPSA) is 98.1 Å². The number of anilines is 1. The molecule has 0 fully saturated rings. The molecule has 1 unspecified atom stereocenters. The van der Waals surface area contributed by atoms with E-state index in [2.05, 4.69) is 14.7 Å². The van der Waals surface area contributed by atoms with E-state index in [1.54, 1.807) is 12.1 Å². The first-order valence-corrected chi connectivity index (χ1v) is 7.61. The van der Waals surface area contributed by atoms with E-state index >= 15 is 0 Å². The third-order valence-corrected chi connectivity index (χ3v) is 4.31. The van der Waals surface area contributed by atoms with Gasteiger partial charge in [0, 0.05) is 5.56 Å². The third kappa shape index (κ3) is 3.26. The molecule has 0 spiro atoms. The molecule has 0 bridgehead atoms. The van der Waals surface area contributed by atoms with Gasteiger partial charge in [0.15, 0.2) is 0 Å². The number of esters is 1. The summed E-state index contributed by atoms with van der Waals surface area (Å²) in [5.41, 5.74) is 8.79. The van der Waals surface area contributed by atoms with Crippen LogP contribution in [-0.2, 0) is 24.0 Å². The number of benzene rings is 1. The fourth-order valence-corrected chi connectivity index (χ4v) is 3.08. The number of nitrogens with one attached hydrogen (secondary N) is 1. The molecule has 6 nitrogen and oxygen atoms in total. The number of nitrogens with zero attached hydrogens (tertiary/aromatic N) is 1. The Balaban J connectivity index is 1.61. The minimum Gasteiger partial charge on any atom is -0.465 e. The highest BCUT2D eigenvalue weighted by molar-refractivity contribution is 5.89. The van der Waals surface area contributed by atoms with Gasteiger partial charge in [-0.1, -0.05) is 12.1 Å². The fraction of sp³-hybridized carbons (Fsp3) is 0.353. The predicted octanol–water partition coefficient (Wildman–Crippen LogP) is 1.49. The largest absolute Gasteiger partial charge is 0.465 e. The van der Waals surface area contributed by atoms with Gasteiger partial charge >= 0.3 is 5.97 Å². The second-order valence-corrected chi connectivity index (χ2v) is 5.88. The lowest BCUT2D eigenvalue weighted by Gasteiger charge is -2.08. The summed E-state index contributed by atoms with van der Waals surface area (Å²) in [6.45, 7) is 0. The maximum absolute atomic E-state index is 11.9. The van der Waals surface area contributed by atoms with E-state index in [-0.39, 0.29) is 17.5 Å². The number of carbonyl (C=O) groups excluding carboxylic acids is 1. The number of hydrogen-bond donors (Lipinski definition) is 2. The van der Waals surface area contributed by atoms with Gasteiger partial charge in [-0.25, -0.2) is 9.78 Å². The molecular weight excluding hydrogens is 294 g/mol. The van der Waals surface area contributed by atoms with Crippen LogP contribution in [0.2, 0.25) is 0 Å². The van der Waals surface area contributed by atoms with Crippen LogP contribution in [-0.4, -0.2) is 23.0 Å². The number of carbonyl (C=O) groups is 1. The quantitative estimate of drug-likeness (QED) is 0.833. The van der Waals surface area contributed by atoms with Crippen LogP contribution in [0.1, 0.15) is 33.6 Å². The van der Waals surface area contributed by atoms with Crippen LogP contribution in [0.15, 0.2) is 29.1 Å². The van der Waals surface area contributed by atoms with E-state index in [1.165, 1.54) is 7.11 Å². The predicted molar refractivity (Wildman–Crippen MR) is 86.3 cm³/mol. The van der Waals surface area contributed by atoms with E-state index in [0.717, 1.165) is 42.5 Å². The van der Waals surface area contributed by atoms with Crippen LogP contribution in [0.25, 0.3) is 0 Å². The molecule has 1 aromatic carbocycles. The maximum atomic E-state index is 11.9. The van der Waals surface area contributed by atoms with Gasteiger partial charge in [0.05, 0.1) is 18.4 Å². The Morgan fingerprint density at radius 1 is 1.35 bits per heavy atom. The standard InChI is InChI=1S/C17H19N3O3/c1-23-16(22)12-6-4-10(5-7-12)2-3-11-8-13-14(9-11)19-17(18)20-15(13)21/h4-7,11H,2-3,8-9H2,1H3,(H3,18,19,20,21). The number of fused-ring (bicyclic) bond motifs is 1. The number of rotatable bonds is 4. The van der Waals surface area contributed by atoms with Crippen LogP contribution in [0.5, 0.6) is 0 Å². The molecule has 0 amide bonds. The van der Waals surface area contributed by atoms with Crippen molar-refractivity contribution in [2.45, 2.75) is 25.7 Å². The van der Waals surface area contributed by atoms with Gasteiger partial charge < -0.3 is 10.5 Å². The maximum Gasteiger partial charge on any atom is 0.337 e. The molecule has 0 radical (unpaired) electrons. The number of aryl methyl sites for hydroxylation is 1. The molecule has 1 aromatic heterocycles. The Morgan fingerprint density at radius 3 is 2.78 bits per heavy atom. The van der Waals surface area contributed by atoms with Crippen LogP contribution in [0.4, 0.5) is 5.95 Å². The highest BCUT2D eigenvalue weighted by atomic mass is 16.5. The summed E-state index contributed by atoms with van der Waals surface area (Å²) in [5, 5.41) is 0. The van der Waals surface area contributed by atoms with Gasteiger partial charge in [-0.05, 0) is 49.3 Å². The third-order valence-electron chi connectivity index (χ3n) is 4.31. The Morgan fingerprint density at radius 2 is 2.09 bits per heavy atom. The summed E-state index contributed by atoms with van der Waals surface area (Å²) in [7, 11) is 1.37. The molecule has 1 heterocycles. The summed E-state index contributed by atoms with van der Waals surface area (Å²) >= 11 is 0. The van der Waals surface area contributed by atoms with Crippen molar-refractivity contribution < 1.29 is 9.53 Å². The summed E-state index contributed by atoms with van der Waals surface area (Å²) in [6.07, 6.45) is 3.41. The van der Waals surface area contributed by atoms with Gasteiger partial charge in [0.25, 0.3) is 5.56 Å². The average molecular weight is 313 g/mol. The highest BCUT2D eigenvalue weighted by Crippen LogP contribution is 2.26. The first-order chi connectivity index (χ1) is 11.1.